The first-order valence-corrected chi connectivity index (χ1v) is 8.85. The van der Waals surface area contributed by atoms with Crippen molar-refractivity contribution < 1.29 is 8.78 Å². The summed E-state index contributed by atoms with van der Waals surface area (Å²) in [5.74, 6) is -1.71. The van der Waals surface area contributed by atoms with Gasteiger partial charge in [0.15, 0.2) is 16.4 Å². The van der Waals surface area contributed by atoms with Crippen molar-refractivity contribution in [3.63, 3.8) is 0 Å². The first kappa shape index (κ1) is 16.4. The number of hydrogen-bond acceptors (Lipinski definition) is 2. The largest absolute Gasteiger partial charge is 0.292 e. The van der Waals surface area contributed by atoms with Crippen LogP contribution in [0.15, 0.2) is 90.1 Å². The predicted octanol–water partition coefficient (Wildman–Crippen LogP) is 5.72. The standard InChI is InChI=1S/C21H14F2N2S/c22-18-12-11-15(13-19(18)23)20-14-25(17-9-5-2-6-10-17)21(26-20)24-16-7-3-1-4-8-16/h1-14H. The van der Waals surface area contributed by atoms with Gasteiger partial charge in [-0.15, -0.1) is 0 Å². The summed E-state index contributed by atoms with van der Waals surface area (Å²) < 4.78 is 28.9. The van der Waals surface area contributed by atoms with Crippen molar-refractivity contribution in [1.82, 2.24) is 4.57 Å². The molecule has 0 aliphatic carbocycles. The number of rotatable bonds is 3. The molecule has 0 fully saturated rings. The Labute approximate surface area is 153 Å². The van der Waals surface area contributed by atoms with Gasteiger partial charge in [-0.05, 0) is 42.0 Å². The van der Waals surface area contributed by atoms with E-state index in [1.165, 1.54) is 17.4 Å². The quantitative estimate of drug-likeness (QED) is 0.443. The van der Waals surface area contributed by atoms with Gasteiger partial charge in [-0.3, -0.25) is 4.57 Å². The zero-order valence-corrected chi connectivity index (χ0v) is 14.5. The van der Waals surface area contributed by atoms with Crippen molar-refractivity contribution in [1.29, 1.82) is 0 Å². The summed E-state index contributed by atoms with van der Waals surface area (Å²) in [4.78, 5) is 6.28. The smallest absolute Gasteiger partial charge is 0.195 e. The zero-order chi connectivity index (χ0) is 17.9. The average Bonchev–Trinajstić information content (AvgIpc) is 3.09. The van der Waals surface area contributed by atoms with E-state index in [2.05, 4.69) is 0 Å². The number of para-hydroxylation sites is 2. The molecule has 4 aromatic rings. The van der Waals surface area contributed by atoms with Gasteiger partial charge >= 0.3 is 0 Å². The van der Waals surface area contributed by atoms with E-state index in [0.29, 0.717) is 5.56 Å². The van der Waals surface area contributed by atoms with Crippen LogP contribution in [0.3, 0.4) is 0 Å². The van der Waals surface area contributed by atoms with Crippen molar-refractivity contribution in [3.05, 3.63) is 101 Å². The second-order valence-corrected chi connectivity index (χ2v) is 6.67. The maximum absolute atomic E-state index is 13.6. The van der Waals surface area contributed by atoms with Crippen LogP contribution in [0.4, 0.5) is 14.5 Å². The summed E-state index contributed by atoms with van der Waals surface area (Å²) in [5, 5.41) is 0. The summed E-state index contributed by atoms with van der Waals surface area (Å²) in [6.07, 6.45) is 1.90. The van der Waals surface area contributed by atoms with Crippen molar-refractivity contribution in [3.8, 4) is 16.1 Å². The third-order valence-electron chi connectivity index (χ3n) is 3.87. The maximum atomic E-state index is 13.6. The van der Waals surface area contributed by atoms with Gasteiger partial charge in [0, 0.05) is 11.9 Å². The summed E-state index contributed by atoms with van der Waals surface area (Å²) in [6.45, 7) is 0. The molecule has 0 unspecified atom stereocenters. The van der Waals surface area contributed by atoms with Gasteiger partial charge in [0.2, 0.25) is 0 Å². The lowest BCUT2D eigenvalue weighted by molar-refractivity contribution is 0.509. The molecule has 2 nitrogen and oxygen atoms in total. The Morgan fingerprint density at radius 3 is 2.15 bits per heavy atom. The van der Waals surface area contributed by atoms with Crippen LogP contribution < -0.4 is 4.80 Å². The van der Waals surface area contributed by atoms with Gasteiger partial charge in [-0.25, -0.2) is 13.8 Å². The predicted molar refractivity (Wildman–Crippen MR) is 101 cm³/mol. The monoisotopic (exact) mass is 364 g/mol. The molecular formula is C21H14F2N2S. The molecule has 0 saturated carbocycles. The normalized spacial score (nSPS) is 11.7. The topological polar surface area (TPSA) is 17.3 Å². The molecule has 0 aliphatic heterocycles. The van der Waals surface area contributed by atoms with E-state index in [-0.39, 0.29) is 0 Å². The molecule has 128 valence electrons. The second-order valence-electron chi connectivity index (χ2n) is 5.66. The Hall–Kier alpha value is -3.05. The van der Waals surface area contributed by atoms with Crippen LogP contribution in [0.25, 0.3) is 16.1 Å². The fourth-order valence-corrected chi connectivity index (χ4v) is 3.60. The highest BCUT2D eigenvalue weighted by atomic mass is 32.1. The van der Waals surface area contributed by atoms with E-state index in [0.717, 1.165) is 27.1 Å². The molecule has 1 aromatic heterocycles. The summed E-state index contributed by atoms with van der Waals surface area (Å²) in [7, 11) is 0. The molecule has 0 radical (unpaired) electrons. The van der Waals surface area contributed by atoms with Crippen LogP contribution >= 0.6 is 11.3 Å². The van der Waals surface area contributed by atoms with E-state index < -0.39 is 11.6 Å². The van der Waals surface area contributed by atoms with Crippen LogP contribution in [-0.4, -0.2) is 4.57 Å². The Morgan fingerprint density at radius 1 is 0.769 bits per heavy atom. The number of nitrogens with zero attached hydrogens (tertiary/aromatic N) is 2. The molecule has 0 aliphatic rings. The summed E-state index contributed by atoms with van der Waals surface area (Å²) in [6, 6.07) is 23.4. The van der Waals surface area contributed by atoms with Crippen molar-refractivity contribution in [2.24, 2.45) is 4.99 Å². The minimum atomic E-state index is -0.858. The van der Waals surface area contributed by atoms with E-state index in [9.17, 15) is 8.78 Å². The van der Waals surface area contributed by atoms with Crippen LogP contribution in [0.1, 0.15) is 0 Å². The molecule has 0 saturated heterocycles. The fraction of sp³-hybridized carbons (Fsp3) is 0. The lowest BCUT2D eigenvalue weighted by atomic mass is 10.2. The third-order valence-corrected chi connectivity index (χ3v) is 4.90. The van der Waals surface area contributed by atoms with Crippen molar-refractivity contribution >= 4 is 17.0 Å². The summed E-state index contributed by atoms with van der Waals surface area (Å²) in [5.41, 5.74) is 2.40. The molecule has 0 atom stereocenters. The van der Waals surface area contributed by atoms with Crippen LogP contribution in [-0.2, 0) is 0 Å². The molecule has 0 bridgehead atoms. The second kappa shape index (κ2) is 7.06. The molecule has 26 heavy (non-hydrogen) atoms. The SMILES string of the molecule is Fc1ccc(-c2cn(-c3ccccc3)c(=Nc3ccccc3)s2)cc1F. The van der Waals surface area contributed by atoms with Gasteiger partial charge in [0.1, 0.15) is 0 Å². The number of aromatic nitrogens is 1. The first-order chi connectivity index (χ1) is 12.7. The molecule has 5 heteroatoms. The van der Waals surface area contributed by atoms with E-state index >= 15 is 0 Å². The zero-order valence-electron chi connectivity index (χ0n) is 13.6. The minimum absolute atomic E-state index is 0.619. The summed E-state index contributed by atoms with van der Waals surface area (Å²) >= 11 is 1.42. The Balaban J connectivity index is 1.90. The van der Waals surface area contributed by atoms with Crippen LogP contribution in [0, 0.1) is 11.6 Å². The van der Waals surface area contributed by atoms with Crippen LogP contribution in [0.2, 0.25) is 0 Å². The van der Waals surface area contributed by atoms with Crippen molar-refractivity contribution in [2.45, 2.75) is 0 Å². The highest BCUT2D eigenvalue weighted by molar-refractivity contribution is 7.12. The van der Waals surface area contributed by atoms with Gasteiger partial charge in [0.25, 0.3) is 0 Å². The Bertz CT molecular complexity index is 1100. The van der Waals surface area contributed by atoms with Gasteiger partial charge < -0.3 is 0 Å². The molecule has 0 N–H and O–H groups in total. The lowest BCUT2D eigenvalue weighted by Gasteiger charge is -2.02. The third kappa shape index (κ3) is 3.34. The molecule has 3 aromatic carbocycles. The van der Waals surface area contributed by atoms with Gasteiger partial charge in [-0.2, -0.15) is 0 Å². The number of thiazole rings is 1. The van der Waals surface area contributed by atoms with Crippen LogP contribution in [0.5, 0.6) is 0 Å². The number of halogens is 2. The minimum Gasteiger partial charge on any atom is -0.292 e. The van der Waals surface area contributed by atoms with E-state index in [1.54, 1.807) is 6.07 Å². The molecule has 0 amide bonds. The highest BCUT2D eigenvalue weighted by Gasteiger charge is 2.10. The van der Waals surface area contributed by atoms with Gasteiger partial charge in [-0.1, -0.05) is 53.8 Å². The lowest BCUT2D eigenvalue weighted by Crippen LogP contribution is -2.10. The van der Waals surface area contributed by atoms with Crippen molar-refractivity contribution in [2.75, 3.05) is 0 Å². The Kier molecular flexibility index (Phi) is 4.46. The average molecular weight is 364 g/mol. The van der Waals surface area contributed by atoms with E-state index in [1.807, 2.05) is 71.4 Å². The fourth-order valence-electron chi connectivity index (χ4n) is 2.59. The maximum Gasteiger partial charge on any atom is 0.195 e. The molecule has 4 rings (SSSR count). The number of hydrogen-bond donors (Lipinski definition) is 0. The number of benzene rings is 3. The molecular weight excluding hydrogens is 350 g/mol. The Morgan fingerprint density at radius 2 is 1.46 bits per heavy atom. The van der Waals surface area contributed by atoms with Gasteiger partial charge in [0.05, 0.1) is 10.6 Å². The van der Waals surface area contributed by atoms with E-state index in [4.69, 9.17) is 4.99 Å². The highest BCUT2D eigenvalue weighted by Crippen LogP contribution is 2.25. The first-order valence-electron chi connectivity index (χ1n) is 8.04. The molecule has 1 heterocycles. The molecule has 0 spiro atoms.